The second kappa shape index (κ2) is 3.53. The summed E-state index contributed by atoms with van der Waals surface area (Å²) >= 11 is 0. The van der Waals surface area contributed by atoms with Gasteiger partial charge in [0.15, 0.2) is 0 Å². The van der Waals surface area contributed by atoms with E-state index in [1.54, 1.807) is 0 Å². The molecule has 0 spiro atoms. The van der Waals surface area contributed by atoms with Gasteiger partial charge in [-0.15, -0.1) is 0 Å². The molecule has 0 heterocycles. The molecule has 1 aliphatic rings. The smallest absolute Gasteiger partial charge is 0.307 e. The van der Waals surface area contributed by atoms with Gasteiger partial charge in [0.1, 0.15) is 0 Å². The van der Waals surface area contributed by atoms with E-state index in [1.807, 2.05) is 12.2 Å². The molecule has 0 amide bonds. The highest BCUT2D eigenvalue weighted by Crippen LogP contribution is 2.24. The van der Waals surface area contributed by atoms with E-state index in [1.165, 1.54) is 0 Å². The molecule has 11 heavy (non-hydrogen) atoms. The molecular weight excluding hydrogens is 142 g/mol. The van der Waals surface area contributed by atoms with Crippen LogP contribution in [-0.4, -0.2) is 17.6 Å². The van der Waals surface area contributed by atoms with Crippen LogP contribution >= 0.6 is 0 Å². The summed E-state index contributed by atoms with van der Waals surface area (Å²) in [4.78, 5) is 10.6. The summed E-state index contributed by atoms with van der Waals surface area (Å²) < 4.78 is 0. The van der Waals surface area contributed by atoms with Crippen LogP contribution < -0.4 is 5.73 Å². The second-order valence-corrected chi connectivity index (χ2v) is 2.88. The lowest BCUT2D eigenvalue weighted by atomic mass is 9.83. The minimum atomic E-state index is -0.718. The zero-order chi connectivity index (χ0) is 8.27. The lowest BCUT2D eigenvalue weighted by molar-refractivity contribution is -0.143. The topological polar surface area (TPSA) is 63.3 Å². The Morgan fingerprint density at radius 2 is 2.18 bits per heavy atom. The van der Waals surface area contributed by atoms with Crippen molar-refractivity contribution in [3.8, 4) is 0 Å². The van der Waals surface area contributed by atoms with Crippen LogP contribution in [0.1, 0.15) is 12.8 Å². The van der Waals surface area contributed by atoms with E-state index in [0.29, 0.717) is 13.0 Å². The van der Waals surface area contributed by atoms with E-state index < -0.39 is 5.97 Å². The molecule has 0 saturated carbocycles. The summed E-state index contributed by atoms with van der Waals surface area (Å²) in [6.07, 6.45) is 5.38. The molecular formula is C8H13NO2. The molecule has 2 atom stereocenters. The van der Waals surface area contributed by atoms with Crippen molar-refractivity contribution in [1.82, 2.24) is 0 Å². The number of allylic oxidation sites excluding steroid dienone is 2. The van der Waals surface area contributed by atoms with E-state index in [0.717, 1.165) is 6.42 Å². The first-order valence-corrected chi connectivity index (χ1v) is 3.83. The highest BCUT2D eigenvalue weighted by atomic mass is 16.4. The summed E-state index contributed by atoms with van der Waals surface area (Å²) in [5.41, 5.74) is 5.43. The Kier molecular flexibility index (Phi) is 2.65. The number of carboxylic acids is 1. The summed E-state index contributed by atoms with van der Waals surface area (Å²) in [5.74, 6) is -0.840. The van der Waals surface area contributed by atoms with Gasteiger partial charge in [0.2, 0.25) is 0 Å². The predicted molar refractivity (Wildman–Crippen MR) is 42.0 cm³/mol. The van der Waals surface area contributed by atoms with Crippen molar-refractivity contribution in [1.29, 1.82) is 0 Å². The third kappa shape index (κ3) is 1.80. The molecule has 0 bridgehead atoms. The van der Waals surface area contributed by atoms with Gasteiger partial charge in [0.25, 0.3) is 0 Å². The van der Waals surface area contributed by atoms with Gasteiger partial charge in [-0.3, -0.25) is 4.79 Å². The molecule has 1 rings (SSSR count). The fourth-order valence-electron chi connectivity index (χ4n) is 1.43. The number of carbonyl (C=O) groups is 1. The first-order chi connectivity index (χ1) is 5.25. The molecule has 3 heteroatoms. The lowest BCUT2D eigenvalue weighted by Gasteiger charge is -2.23. The molecule has 0 aromatic rings. The number of carboxylic acid groups (broad SMARTS) is 1. The summed E-state index contributed by atoms with van der Waals surface area (Å²) in [7, 11) is 0. The zero-order valence-corrected chi connectivity index (χ0v) is 6.36. The van der Waals surface area contributed by atoms with Crippen LogP contribution in [0.2, 0.25) is 0 Å². The highest BCUT2D eigenvalue weighted by molar-refractivity contribution is 5.70. The number of aliphatic carboxylic acids is 1. The van der Waals surface area contributed by atoms with Crippen molar-refractivity contribution < 1.29 is 9.90 Å². The van der Waals surface area contributed by atoms with Gasteiger partial charge in [0, 0.05) is 0 Å². The molecule has 0 aromatic carbocycles. The maximum atomic E-state index is 10.6. The fourth-order valence-corrected chi connectivity index (χ4v) is 1.43. The van der Waals surface area contributed by atoms with Crippen molar-refractivity contribution in [3.63, 3.8) is 0 Å². The minimum Gasteiger partial charge on any atom is -0.481 e. The SMILES string of the molecule is NCC1CC=CC[C@H]1C(=O)O. The molecule has 1 aliphatic carbocycles. The lowest BCUT2D eigenvalue weighted by Crippen LogP contribution is -2.30. The standard InChI is InChI=1S/C8H13NO2/c9-5-6-3-1-2-4-7(6)8(10)11/h1-2,6-7H,3-5,9H2,(H,10,11)/t6?,7-/m1/s1. The molecule has 0 aromatic heterocycles. The number of hydrogen-bond donors (Lipinski definition) is 2. The van der Waals surface area contributed by atoms with Crippen molar-refractivity contribution in [3.05, 3.63) is 12.2 Å². The van der Waals surface area contributed by atoms with Gasteiger partial charge in [-0.25, -0.2) is 0 Å². The Morgan fingerprint density at radius 1 is 1.55 bits per heavy atom. The largest absolute Gasteiger partial charge is 0.481 e. The Balaban J connectivity index is 2.61. The monoisotopic (exact) mass is 155 g/mol. The zero-order valence-electron chi connectivity index (χ0n) is 6.36. The van der Waals surface area contributed by atoms with Crippen LogP contribution in [0.4, 0.5) is 0 Å². The number of hydrogen-bond acceptors (Lipinski definition) is 2. The van der Waals surface area contributed by atoms with Crippen LogP contribution in [-0.2, 0) is 4.79 Å². The van der Waals surface area contributed by atoms with Crippen LogP contribution in [0.25, 0.3) is 0 Å². The fraction of sp³-hybridized carbons (Fsp3) is 0.625. The summed E-state index contributed by atoms with van der Waals surface area (Å²) in [6.45, 7) is 0.474. The molecule has 0 aliphatic heterocycles. The van der Waals surface area contributed by atoms with Crippen LogP contribution in [0.15, 0.2) is 12.2 Å². The van der Waals surface area contributed by atoms with Gasteiger partial charge in [0.05, 0.1) is 5.92 Å². The van der Waals surface area contributed by atoms with Gasteiger partial charge in [-0.2, -0.15) is 0 Å². The van der Waals surface area contributed by atoms with Gasteiger partial charge >= 0.3 is 5.97 Å². The average Bonchev–Trinajstić information content (AvgIpc) is 2.04. The third-order valence-corrected chi connectivity index (χ3v) is 2.18. The predicted octanol–water partition coefficient (Wildman–Crippen LogP) is 0.612. The van der Waals surface area contributed by atoms with E-state index in [4.69, 9.17) is 10.8 Å². The second-order valence-electron chi connectivity index (χ2n) is 2.88. The van der Waals surface area contributed by atoms with E-state index in [-0.39, 0.29) is 11.8 Å². The van der Waals surface area contributed by atoms with Crippen LogP contribution in [0, 0.1) is 11.8 Å². The van der Waals surface area contributed by atoms with Crippen molar-refractivity contribution in [2.75, 3.05) is 6.54 Å². The molecule has 0 fully saturated rings. The van der Waals surface area contributed by atoms with Crippen molar-refractivity contribution in [2.45, 2.75) is 12.8 Å². The summed E-state index contributed by atoms with van der Waals surface area (Å²) in [5, 5.41) is 8.75. The third-order valence-electron chi connectivity index (χ3n) is 2.18. The first-order valence-electron chi connectivity index (χ1n) is 3.83. The normalized spacial score (nSPS) is 30.3. The van der Waals surface area contributed by atoms with Gasteiger partial charge in [-0.1, -0.05) is 12.2 Å². The molecule has 0 saturated heterocycles. The first kappa shape index (κ1) is 8.27. The molecule has 3 nitrogen and oxygen atoms in total. The van der Waals surface area contributed by atoms with Crippen molar-refractivity contribution in [2.24, 2.45) is 17.6 Å². The summed E-state index contributed by atoms with van der Waals surface area (Å²) in [6, 6.07) is 0. The Bertz CT molecular complexity index is 177. The quantitative estimate of drug-likeness (QED) is 0.574. The van der Waals surface area contributed by atoms with E-state index in [9.17, 15) is 4.79 Å². The maximum Gasteiger partial charge on any atom is 0.307 e. The Hall–Kier alpha value is -0.830. The minimum absolute atomic E-state index is 0.137. The molecule has 1 unspecified atom stereocenters. The molecule has 0 radical (unpaired) electrons. The molecule has 3 N–H and O–H groups in total. The van der Waals surface area contributed by atoms with E-state index in [2.05, 4.69) is 0 Å². The average molecular weight is 155 g/mol. The van der Waals surface area contributed by atoms with Crippen LogP contribution in [0.3, 0.4) is 0 Å². The van der Waals surface area contributed by atoms with Gasteiger partial charge in [-0.05, 0) is 25.3 Å². The van der Waals surface area contributed by atoms with Gasteiger partial charge < -0.3 is 10.8 Å². The Morgan fingerprint density at radius 3 is 2.64 bits per heavy atom. The van der Waals surface area contributed by atoms with E-state index >= 15 is 0 Å². The number of rotatable bonds is 2. The maximum absolute atomic E-state index is 10.6. The molecule has 62 valence electrons. The van der Waals surface area contributed by atoms with Crippen LogP contribution in [0.5, 0.6) is 0 Å². The Labute approximate surface area is 65.9 Å². The van der Waals surface area contributed by atoms with Crippen molar-refractivity contribution >= 4 is 5.97 Å². The number of nitrogens with two attached hydrogens (primary N) is 1. The highest BCUT2D eigenvalue weighted by Gasteiger charge is 2.26.